The summed E-state index contributed by atoms with van der Waals surface area (Å²) in [5, 5.41) is 6.97. The van der Waals surface area contributed by atoms with Crippen LogP contribution >= 0.6 is 0 Å². The van der Waals surface area contributed by atoms with Gasteiger partial charge >= 0.3 is 0 Å². The Balaban J connectivity index is 1.43. The predicted molar refractivity (Wildman–Crippen MR) is 90.3 cm³/mol. The molecule has 2 bridgehead atoms. The topological polar surface area (TPSA) is 48.9 Å². The summed E-state index contributed by atoms with van der Waals surface area (Å²) in [6, 6.07) is 0.451. The molecule has 3 unspecified atom stereocenters. The number of guanidine groups is 1. The fraction of sp³-hybridized carbons (Fsp3) is 0.941. The van der Waals surface area contributed by atoms with Gasteiger partial charge in [0.25, 0.3) is 0 Å². The fourth-order valence-corrected chi connectivity index (χ4v) is 3.87. The Labute approximate surface area is 134 Å². The molecular weight excluding hydrogens is 276 g/mol. The highest BCUT2D eigenvalue weighted by molar-refractivity contribution is 5.80. The van der Waals surface area contributed by atoms with E-state index in [-0.39, 0.29) is 0 Å². The molecule has 126 valence electrons. The van der Waals surface area contributed by atoms with Gasteiger partial charge < -0.3 is 20.3 Å². The fourth-order valence-electron chi connectivity index (χ4n) is 3.87. The number of hydrogen-bond acceptors (Lipinski definition) is 3. The molecule has 0 amide bonds. The van der Waals surface area contributed by atoms with Crippen molar-refractivity contribution >= 4 is 5.96 Å². The van der Waals surface area contributed by atoms with Crippen LogP contribution in [0.4, 0.5) is 0 Å². The molecule has 0 aromatic rings. The van der Waals surface area contributed by atoms with Crippen LogP contribution in [-0.2, 0) is 4.74 Å². The van der Waals surface area contributed by atoms with Gasteiger partial charge in [-0.15, -0.1) is 0 Å². The summed E-state index contributed by atoms with van der Waals surface area (Å²) < 4.78 is 5.92. The first-order valence-electron chi connectivity index (χ1n) is 9.17. The minimum Gasteiger partial charge on any atom is -0.373 e. The number of ether oxygens (including phenoxy) is 1. The third-order valence-corrected chi connectivity index (χ3v) is 5.33. The second-order valence-corrected chi connectivity index (χ2v) is 7.15. The quantitative estimate of drug-likeness (QED) is 0.598. The van der Waals surface area contributed by atoms with E-state index < -0.39 is 0 Å². The molecule has 22 heavy (non-hydrogen) atoms. The average molecular weight is 308 g/mol. The van der Waals surface area contributed by atoms with Crippen LogP contribution in [0, 0.1) is 5.92 Å². The maximum atomic E-state index is 5.92. The van der Waals surface area contributed by atoms with E-state index in [4.69, 9.17) is 9.73 Å². The molecule has 3 heterocycles. The summed E-state index contributed by atoms with van der Waals surface area (Å²) >= 11 is 0. The molecule has 3 saturated heterocycles. The summed E-state index contributed by atoms with van der Waals surface area (Å²) in [6.07, 6.45) is 7.14. The van der Waals surface area contributed by atoms with Gasteiger partial charge in [0.1, 0.15) is 0 Å². The van der Waals surface area contributed by atoms with Gasteiger partial charge in [-0.25, -0.2) is 0 Å². The number of nitrogens with one attached hydrogen (secondary N) is 2. The van der Waals surface area contributed by atoms with E-state index in [9.17, 15) is 0 Å². The Hall–Kier alpha value is -0.810. The Kier molecular flexibility index (Phi) is 5.58. The Morgan fingerprint density at radius 3 is 2.68 bits per heavy atom. The Morgan fingerprint density at radius 1 is 1.23 bits per heavy atom. The van der Waals surface area contributed by atoms with Crippen LogP contribution in [-0.4, -0.2) is 61.8 Å². The third-order valence-electron chi connectivity index (χ3n) is 5.33. The van der Waals surface area contributed by atoms with Crippen LogP contribution in [0.5, 0.6) is 0 Å². The SMILES string of the molecule is CCNC(=NCCN1CCC(C)CC1)NC1CC2CCC1O2. The minimum atomic E-state index is 0.400. The molecule has 0 aromatic heterocycles. The number of nitrogens with zero attached hydrogens (tertiary/aromatic N) is 2. The first-order valence-corrected chi connectivity index (χ1v) is 9.17. The van der Waals surface area contributed by atoms with E-state index in [1.807, 2.05) is 0 Å². The molecule has 2 N–H and O–H groups in total. The first kappa shape index (κ1) is 16.1. The minimum absolute atomic E-state index is 0.400. The molecule has 3 rings (SSSR count). The predicted octanol–water partition coefficient (Wildman–Crippen LogP) is 1.59. The zero-order valence-electron chi connectivity index (χ0n) is 14.2. The van der Waals surface area contributed by atoms with Crippen LogP contribution in [0.1, 0.15) is 46.0 Å². The maximum Gasteiger partial charge on any atom is 0.191 e. The summed E-state index contributed by atoms with van der Waals surface area (Å²) in [5.74, 6) is 1.87. The molecule has 0 saturated carbocycles. The summed E-state index contributed by atoms with van der Waals surface area (Å²) in [6.45, 7) is 9.83. The molecule has 5 heteroatoms. The highest BCUT2D eigenvalue weighted by Crippen LogP contribution is 2.34. The van der Waals surface area contributed by atoms with Crippen molar-refractivity contribution in [3.63, 3.8) is 0 Å². The summed E-state index contributed by atoms with van der Waals surface area (Å²) in [5.41, 5.74) is 0. The zero-order valence-corrected chi connectivity index (χ0v) is 14.2. The van der Waals surface area contributed by atoms with Crippen LogP contribution in [0.2, 0.25) is 0 Å². The molecule has 5 nitrogen and oxygen atoms in total. The van der Waals surface area contributed by atoms with Crippen LogP contribution < -0.4 is 10.6 Å². The van der Waals surface area contributed by atoms with Crippen molar-refractivity contribution in [1.29, 1.82) is 0 Å². The van der Waals surface area contributed by atoms with Crippen molar-refractivity contribution in [2.24, 2.45) is 10.9 Å². The van der Waals surface area contributed by atoms with E-state index in [0.717, 1.165) is 37.9 Å². The lowest BCUT2D eigenvalue weighted by Crippen LogP contribution is -2.47. The summed E-state index contributed by atoms with van der Waals surface area (Å²) in [7, 11) is 0. The van der Waals surface area contributed by atoms with Gasteiger partial charge in [0, 0.05) is 13.1 Å². The lowest BCUT2D eigenvalue weighted by Gasteiger charge is -2.29. The number of rotatable bonds is 5. The zero-order chi connectivity index (χ0) is 15.4. The van der Waals surface area contributed by atoms with Crippen molar-refractivity contribution in [1.82, 2.24) is 15.5 Å². The lowest BCUT2D eigenvalue weighted by atomic mass is 9.96. The van der Waals surface area contributed by atoms with Crippen molar-refractivity contribution in [3.05, 3.63) is 0 Å². The van der Waals surface area contributed by atoms with Gasteiger partial charge in [-0.1, -0.05) is 6.92 Å². The smallest absolute Gasteiger partial charge is 0.191 e. The van der Waals surface area contributed by atoms with E-state index in [0.29, 0.717) is 18.2 Å². The van der Waals surface area contributed by atoms with Crippen LogP contribution in [0.15, 0.2) is 4.99 Å². The second-order valence-electron chi connectivity index (χ2n) is 7.15. The monoisotopic (exact) mass is 308 g/mol. The number of hydrogen-bond donors (Lipinski definition) is 2. The number of aliphatic imine (C=N–C) groups is 1. The second kappa shape index (κ2) is 7.64. The highest BCUT2D eigenvalue weighted by Gasteiger charge is 2.41. The van der Waals surface area contributed by atoms with Crippen molar-refractivity contribution in [2.45, 2.75) is 64.2 Å². The molecule has 0 aliphatic carbocycles. The third kappa shape index (κ3) is 4.13. The van der Waals surface area contributed by atoms with Gasteiger partial charge in [-0.05, 0) is 58.0 Å². The van der Waals surface area contributed by atoms with E-state index >= 15 is 0 Å². The number of likely N-dealkylation sites (tertiary alicyclic amines) is 1. The molecular formula is C17H32N4O. The van der Waals surface area contributed by atoms with Gasteiger partial charge in [0.2, 0.25) is 0 Å². The lowest BCUT2D eigenvalue weighted by molar-refractivity contribution is 0.0992. The number of fused-ring (bicyclic) bond motifs is 2. The molecule has 0 spiro atoms. The van der Waals surface area contributed by atoms with Gasteiger partial charge in [-0.2, -0.15) is 0 Å². The average Bonchev–Trinajstić information content (AvgIpc) is 3.12. The summed E-state index contributed by atoms with van der Waals surface area (Å²) in [4.78, 5) is 7.32. The van der Waals surface area contributed by atoms with Crippen LogP contribution in [0.3, 0.4) is 0 Å². The van der Waals surface area contributed by atoms with Gasteiger partial charge in [-0.3, -0.25) is 4.99 Å². The first-order chi connectivity index (χ1) is 10.7. The van der Waals surface area contributed by atoms with Gasteiger partial charge in [0.05, 0.1) is 24.8 Å². The van der Waals surface area contributed by atoms with Crippen molar-refractivity contribution in [3.8, 4) is 0 Å². The van der Waals surface area contributed by atoms with E-state index in [2.05, 4.69) is 29.4 Å². The largest absolute Gasteiger partial charge is 0.373 e. The standard InChI is InChI=1S/C17H32N4O/c1-3-18-17(20-15-12-14-4-5-16(15)22-14)19-8-11-21-9-6-13(2)7-10-21/h13-16H,3-12H2,1-2H3,(H2,18,19,20). The molecule has 3 fully saturated rings. The molecule has 3 aliphatic heterocycles. The number of piperidine rings is 1. The molecule has 0 aromatic carbocycles. The van der Waals surface area contributed by atoms with E-state index in [1.165, 1.54) is 38.8 Å². The van der Waals surface area contributed by atoms with E-state index in [1.54, 1.807) is 0 Å². The maximum absolute atomic E-state index is 5.92. The normalized spacial score (nSPS) is 33.4. The molecule has 0 radical (unpaired) electrons. The molecule has 3 aliphatic rings. The van der Waals surface area contributed by atoms with Crippen molar-refractivity contribution in [2.75, 3.05) is 32.7 Å². The van der Waals surface area contributed by atoms with Gasteiger partial charge in [0.15, 0.2) is 5.96 Å². The Morgan fingerprint density at radius 2 is 2.05 bits per heavy atom. The van der Waals surface area contributed by atoms with Crippen LogP contribution in [0.25, 0.3) is 0 Å². The Bertz CT molecular complexity index is 379. The highest BCUT2D eigenvalue weighted by atomic mass is 16.5. The van der Waals surface area contributed by atoms with Crippen molar-refractivity contribution < 1.29 is 4.74 Å². The molecule has 3 atom stereocenters.